The van der Waals surface area contributed by atoms with E-state index in [9.17, 15) is 9.59 Å². The van der Waals surface area contributed by atoms with Crippen molar-refractivity contribution in [2.75, 3.05) is 0 Å². The first-order valence-corrected chi connectivity index (χ1v) is 8.48. The Hall–Kier alpha value is -1.06. The van der Waals surface area contributed by atoms with E-state index in [1.807, 2.05) is 18.7 Å². The lowest BCUT2D eigenvalue weighted by Gasteiger charge is -2.50. The predicted octanol–water partition coefficient (Wildman–Crippen LogP) is 3.11. The van der Waals surface area contributed by atoms with E-state index in [0.717, 1.165) is 12.8 Å². The molecule has 4 nitrogen and oxygen atoms in total. The van der Waals surface area contributed by atoms with Crippen LogP contribution in [-0.2, 0) is 9.59 Å². The highest BCUT2D eigenvalue weighted by Crippen LogP contribution is 2.33. The summed E-state index contributed by atoms with van der Waals surface area (Å²) < 4.78 is 0. The number of hydrogen-bond donors (Lipinski definition) is 1. The molecule has 2 atom stereocenters. The number of rotatable bonds is 7. The Morgan fingerprint density at radius 2 is 1.71 bits per heavy atom. The number of carbonyl (C=O) groups excluding carboxylic acids is 2. The second-order valence-electron chi connectivity index (χ2n) is 6.74. The monoisotopic (exact) mass is 296 g/mol. The Morgan fingerprint density at radius 1 is 1.14 bits per heavy atom. The van der Waals surface area contributed by atoms with Gasteiger partial charge in [0.1, 0.15) is 11.6 Å². The lowest BCUT2D eigenvalue weighted by Crippen LogP contribution is -2.72. The third kappa shape index (κ3) is 3.41. The van der Waals surface area contributed by atoms with Crippen molar-refractivity contribution in [1.29, 1.82) is 0 Å². The zero-order valence-corrected chi connectivity index (χ0v) is 14.5. The molecular formula is C17H32N2O2. The maximum Gasteiger partial charge on any atom is 0.246 e. The Kier molecular flexibility index (Phi) is 6.24. The highest BCUT2D eigenvalue weighted by Gasteiger charge is 2.51. The molecule has 122 valence electrons. The van der Waals surface area contributed by atoms with Crippen molar-refractivity contribution >= 4 is 11.8 Å². The van der Waals surface area contributed by atoms with Crippen LogP contribution in [0, 0.1) is 5.92 Å². The average Bonchev–Trinajstić information content (AvgIpc) is 2.42. The van der Waals surface area contributed by atoms with E-state index >= 15 is 0 Å². The number of nitrogens with one attached hydrogen (secondary N) is 1. The fraction of sp³-hybridized carbons (Fsp3) is 0.882. The smallest absolute Gasteiger partial charge is 0.246 e. The van der Waals surface area contributed by atoms with Crippen LogP contribution in [0.4, 0.5) is 0 Å². The van der Waals surface area contributed by atoms with Crippen molar-refractivity contribution < 1.29 is 9.59 Å². The van der Waals surface area contributed by atoms with Crippen LogP contribution in [0.5, 0.6) is 0 Å². The quantitative estimate of drug-likeness (QED) is 0.785. The summed E-state index contributed by atoms with van der Waals surface area (Å²) in [5, 5.41) is 2.99. The first-order valence-electron chi connectivity index (χ1n) is 8.48. The third-order valence-corrected chi connectivity index (χ3v) is 4.75. The summed E-state index contributed by atoms with van der Waals surface area (Å²) >= 11 is 0. The Balaban J connectivity index is 3.17. The molecule has 1 saturated heterocycles. The van der Waals surface area contributed by atoms with E-state index < -0.39 is 5.54 Å². The molecule has 0 aromatic heterocycles. The Bertz CT molecular complexity index is 375. The molecule has 1 aliphatic heterocycles. The fourth-order valence-electron chi connectivity index (χ4n) is 3.57. The fourth-order valence-corrected chi connectivity index (χ4v) is 3.57. The van der Waals surface area contributed by atoms with Gasteiger partial charge in [-0.25, -0.2) is 0 Å². The molecule has 0 spiro atoms. The van der Waals surface area contributed by atoms with E-state index in [-0.39, 0.29) is 23.9 Å². The van der Waals surface area contributed by atoms with Gasteiger partial charge in [0.2, 0.25) is 11.8 Å². The molecule has 0 aliphatic carbocycles. The Labute approximate surface area is 129 Å². The summed E-state index contributed by atoms with van der Waals surface area (Å²) in [5.41, 5.74) is -0.668. The lowest BCUT2D eigenvalue weighted by molar-refractivity contribution is -0.162. The summed E-state index contributed by atoms with van der Waals surface area (Å²) in [6.45, 7) is 12.4. The van der Waals surface area contributed by atoms with Crippen LogP contribution in [0.1, 0.15) is 73.6 Å². The molecule has 1 heterocycles. The normalized spacial score (nSPS) is 23.4. The van der Waals surface area contributed by atoms with Crippen LogP contribution in [0.25, 0.3) is 0 Å². The molecule has 0 bridgehead atoms. The number of amides is 2. The molecule has 21 heavy (non-hydrogen) atoms. The van der Waals surface area contributed by atoms with Gasteiger partial charge in [0.15, 0.2) is 0 Å². The maximum absolute atomic E-state index is 13.0. The van der Waals surface area contributed by atoms with Crippen LogP contribution in [0.2, 0.25) is 0 Å². The minimum Gasteiger partial charge on any atom is -0.342 e. The molecule has 4 heteroatoms. The highest BCUT2D eigenvalue weighted by atomic mass is 16.2. The van der Waals surface area contributed by atoms with Crippen molar-refractivity contribution in [2.24, 2.45) is 5.92 Å². The molecule has 0 radical (unpaired) electrons. The van der Waals surface area contributed by atoms with Crippen LogP contribution in [-0.4, -0.2) is 34.3 Å². The van der Waals surface area contributed by atoms with Gasteiger partial charge in [-0.2, -0.15) is 0 Å². The summed E-state index contributed by atoms with van der Waals surface area (Å²) in [6, 6.07) is -0.244. The first-order chi connectivity index (χ1) is 9.83. The number of carbonyl (C=O) groups is 2. The van der Waals surface area contributed by atoms with Gasteiger partial charge in [-0.3, -0.25) is 9.59 Å². The van der Waals surface area contributed by atoms with Gasteiger partial charge in [0.05, 0.1) is 0 Å². The summed E-state index contributed by atoms with van der Waals surface area (Å²) in [4.78, 5) is 27.6. The van der Waals surface area contributed by atoms with Crippen molar-refractivity contribution in [2.45, 2.75) is 91.3 Å². The molecule has 0 saturated carbocycles. The largest absolute Gasteiger partial charge is 0.342 e. The van der Waals surface area contributed by atoms with E-state index in [2.05, 4.69) is 33.0 Å². The summed E-state index contributed by atoms with van der Waals surface area (Å²) in [6.07, 6.45) is 4.01. The second-order valence-corrected chi connectivity index (χ2v) is 6.74. The van der Waals surface area contributed by atoms with Crippen molar-refractivity contribution in [3.8, 4) is 0 Å². The van der Waals surface area contributed by atoms with Crippen LogP contribution < -0.4 is 5.32 Å². The van der Waals surface area contributed by atoms with E-state index in [1.165, 1.54) is 0 Å². The standard InChI is InChI=1S/C17H32N2O2/c1-7-10-13(6)19-15(20)14(11-12(4)5)18-16(21)17(19,8-2)9-3/h12-14H,7-11H2,1-6H3,(H,18,21). The van der Waals surface area contributed by atoms with Gasteiger partial charge in [-0.15, -0.1) is 0 Å². The van der Waals surface area contributed by atoms with Crippen molar-refractivity contribution in [1.82, 2.24) is 10.2 Å². The van der Waals surface area contributed by atoms with E-state index in [4.69, 9.17) is 0 Å². The minimum absolute atomic E-state index is 0.0284. The zero-order valence-electron chi connectivity index (χ0n) is 14.5. The van der Waals surface area contributed by atoms with Gasteiger partial charge in [-0.05, 0) is 38.5 Å². The molecule has 0 aromatic carbocycles. The number of hydrogen-bond acceptors (Lipinski definition) is 2. The van der Waals surface area contributed by atoms with Gasteiger partial charge >= 0.3 is 0 Å². The third-order valence-electron chi connectivity index (χ3n) is 4.75. The van der Waals surface area contributed by atoms with Gasteiger partial charge in [-0.1, -0.05) is 41.0 Å². The average molecular weight is 296 g/mol. The molecule has 1 fully saturated rings. The molecule has 1 aliphatic rings. The van der Waals surface area contributed by atoms with E-state index in [0.29, 0.717) is 25.2 Å². The molecule has 2 unspecified atom stereocenters. The lowest BCUT2D eigenvalue weighted by atomic mass is 9.83. The first kappa shape index (κ1) is 18.0. The molecule has 2 amide bonds. The van der Waals surface area contributed by atoms with Crippen LogP contribution in [0.3, 0.4) is 0 Å². The van der Waals surface area contributed by atoms with Crippen molar-refractivity contribution in [3.05, 3.63) is 0 Å². The molecule has 1 N–H and O–H groups in total. The Morgan fingerprint density at radius 3 is 2.14 bits per heavy atom. The minimum atomic E-state index is -0.668. The van der Waals surface area contributed by atoms with Gasteiger partial charge < -0.3 is 10.2 Å². The molecule has 1 rings (SSSR count). The van der Waals surface area contributed by atoms with Gasteiger partial charge in [0, 0.05) is 6.04 Å². The second kappa shape index (κ2) is 7.28. The topological polar surface area (TPSA) is 49.4 Å². The van der Waals surface area contributed by atoms with Crippen molar-refractivity contribution in [3.63, 3.8) is 0 Å². The molecule has 0 aromatic rings. The van der Waals surface area contributed by atoms with Crippen LogP contribution >= 0.6 is 0 Å². The summed E-state index contributed by atoms with van der Waals surface area (Å²) in [7, 11) is 0. The van der Waals surface area contributed by atoms with Crippen LogP contribution in [0.15, 0.2) is 0 Å². The highest BCUT2D eigenvalue weighted by molar-refractivity contribution is 6.00. The zero-order chi connectivity index (χ0) is 16.2. The maximum atomic E-state index is 13.0. The number of piperazine rings is 1. The predicted molar refractivity (Wildman–Crippen MR) is 85.9 cm³/mol. The SMILES string of the molecule is CCCC(C)N1C(=O)C(CC(C)C)NC(=O)C1(CC)CC. The summed E-state index contributed by atoms with van der Waals surface area (Å²) in [5.74, 6) is 0.520. The number of nitrogens with zero attached hydrogens (tertiary/aromatic N) is 1. The van der Waals surface area contributed by atoms with E-state index in [1.54, 1.807) is 0 Å². The van der Waals surface area contributed by atoms with Gasteiger partial charge in [0.25, 0.3) is 0 Å². The molecular weight excluding hydrogens is 264 g/mol.